The SMILES string of the molecule is NC(=O)COC(=O)c1ccc(F)cc1N. The summed E-state index contributed by atoms with van der Waals surface area (Å²) in [6, 6.07) is 3.23. The maximum atomic E-state index is 12.6. The zero-order valence-corrected chi connectivity index (χ0v) is 7.70. The summed E-state index contributed by atoms with van der Waals surface area (Å²) in [7, 11) is 0. The average molecular weight is 212 g/mol. The Hall–Kier alpha value is -2.11. The lowest BCUT2D eigenvalue weighted by molar-refractivity contribution is -0.121. The molecule has 0 saturated heterocycles. The summed E-state index contributed by atoms with van der Waals surface area (Å²) in [5.74, 6) is -2.14. The summed E-state index contributed by atoms with van der Waals surface area (Å²) in [6.45, 7) is -0.532. The maximum Gasteiger partial charge on any atom is 0.340 e. The predicted molar refractivity (Wildman–Crippen MR) is 50.3 cm³/mol. The number of nitrogen functional groups attached to an aromatic ring is 1. The first kappa shape index (κ1) is 11.0. The molecule has 1 aromatic carbocycles. The molecule has 0 fully saturated rings. The summed E-state index contributed by atoms with van der Waals surface area (Å²) in [5.41, 5.74) is 10.1. The van der Waals surface area contributed by atoms with Crippen LogP contribution in [0.2, 0.25) is 0 Å². The Morgan fingerprint density at radius 3 is 2.60 bits per heavy atom. The third kappa shape index (κ3) is 2.94. The molecule has 0 saturated carbocycles. The largest absolute Gasteiger partial charge is 0.452 e. The number of hydrogen-bond donors (Lipinski definition) is 2. The molecule has 80 valence electrons. The van der Waals surface area contributed by atoms with Gasteiger partial charge in [-0.15, -0.1) is 0 Å². The number of benzene rings is 1. The van der Waals surface area contributed by atoms with E-state index in [9.17, 15) is 14.0 Å². The molecule has 5 nitrogen and oxygen atoms in total. The average Bonchev–Trinajstić information content (AvgIpc) is 2.14. The molecule has 0 radical (unpaired) electrons. The number of primary amides is 1. The van der Waals surface area contributed by atoms with Crippen molar-refractivity contribution in [2.75, 3.05) is 12.3 Å². The first-order chi connectivity index (χ1) is 7.00. The number of halogens is 1. The lowest BCUT2D eigenvalue weighted by atomic mass is 10.2. The minimum atomic E-state index is -0.814. The number of carbonyl (C=O) groups excluding carboxylic acids is 2. The number of ether oxygens (including phenoxy) is 1. The van der Waals surface area contributed by atoms with Gasteiger partial charge in [0, 0.05) is 5.69 Å². The first-order valence-corrected chi connectivity index (χ1v) is 4.01. The number of amides is 1. The highest BCUT2D eigenvalue weighted by atomic mass is 19.1. The van der Waals surface area contributed by atoms with Crippen molar-refractivity contribution in [3.8, 4) is 0 Å². The third-order valence-corrected chi connectivity index (χ3v) is 1.58. The molecule has 0 aliphatic rings. The van der Waals surface area contributed by atoms with Crippen molar-refractivity contribution < 1.29 is 18.7 Å². The molecule has 1 aromatic rings. The van der Waals surface area contributed by atoms with Crippen LogP contribution in [0.25, 0.3) is 0 Å². The number of carbonyl (C=O) groups is 2. The summed E-state index contributed by atoms with van der Waals surface area (Å²) >= 11 is 0. The molecule has 0 atom stereocenters. The third-order valence-electron chi connectivity index (χ3n) is 1.58. The van der Waals surface area contributed by atoms with E-state index in [0.29, 0.717) is 0 Å². The van der Waals surface area contributed by atoms with Crippen molar-refractivity contribution >= 4 is 17.6 Å². The van der Waals surface area contributed by atoms with Gasteiger partial charge in [-0.2, -0.15) is 0 Å². The van der Waals surface area contributed by atoms with Crippen LogP contribution in [-0.2, 0) is 9.53 Å². The van der Waals surface area contributed by atoms with Gasteiger partial charge in [0.15, 0.2) is 6.61 Å². The van der Waals surface area contributed by atoms with Crippen molar-refractivity contribution in [3.05, 3.63) is 29.6 Å². The van der Waals surface area contributed by atoms with Gasteiger partial charge < -0.3 is 16.2 Å². The van der Waals surface area contributed by atoms with Crippen LogP contribution in [0.1, 0.15) is 10.4 Å². The van der Waals surface area contributed by atoms with Crippen LogP contribution < -0.4 is 11.5 Å². The number of hydrogen-bond acceptors (Lipinski definition) is 4. The summed E-state index contributed by atoms with van der Waals surface area (Å²) in [4.78, 5) is 21.6. The normalized spacial score (nSPS) is 9.67. The number of rotatable bonds is 3. The Balaban J connectivity index is 2.78. The van der Waals surface area contributed by atoms with E-state index in [1.807, 2.05) is 0 Å². The van der Waals surface area contributed by atoms with Gasteiger partial charge in [-0.05, 0) is 18.2 Å². The molecular formula is C9H9FN2O3. The second kappa shape index (κ2) is 4.41. The van der Waals surface area contributed by atoms with Gasteiger partial charge >= 0.3 is 5.97 Å². The predicted octanol–water partition coefficient (Wildman–Crippen LogP) is 0.0500. The van der Waals surface area contributed by atoms with E-state index >= 15 is 0 Å². The van der Waals surface area contributed by atoms with Crippen molar-refractivity contribution in [1.29, 1.82) is 0 Å². The van der Waals surface area contributed by atoms with E-state index < -0.39 is 24.3 Å². The first-order valence-electron chi connectivity index (χ1n) is 4.01. The van der Waals surface area contributed by atoms with Gasteiger partial charge in [0.05, 0.1) is 5.56 Å². The smallest absolute Gasteiger partial charge is 0.340 e. The number of nitrogens with two attached hydrogens (primary N) is 2. The molecule has 0 heterocycles. The van der Waals surface area contributed by atoms with E-state index in [1.165, 1.54) is 6.07 Å². The van der Waals surface area contributed by atoms with Crippen molar-refractivity contribution in [2.45, 2.75) is 0 Å². The zero-order chi connectivity index (χ0) is 11.4. The molecular weight excluding hydrogens is 203 g/mol. The summed E-state index contributed by atoms with van der Waals surface area (Å²) < 4.78 is 17.1. The van der Waals surface area contributed by atoms with Crippen LogP contribution in [0.15, 0.2) is 18.2 Å². The Labute approximate surface area is 84.8 Å². The minimum absolute atomic E-state index is 0.00218. The summed E-state index contributed by atoms with van der Waals surface area (Å²) in [5, 5.41) is 0. The molecule has 15 heavy (non-hydrogen) atoms. The fourth-order valence-corrected chi connectivity index (χ4v) is 0.934. The number of esters is 1. The fourth-order valence-electron chi connectivity index (χ4n) is 0.934. The van der Waals surface area contributed by atoms with E-state index in [4.69, 9.17) is 11.5 Å². The summed E-state index contributed by atoms with van der Waals surface area (Å²) in [6.07, 6.45) is 0. The monoisotopic (exact) mass is 212 g/mol. The highest BCUT2D eigenvalue weighted by Gasteiger charge is 2.12. The molecule has 0 aromatic heterocycles. The maximum absolute atomic E-state index is 12.6. The Kier molecular flexibility index (Phi) is 3.22. The van der Waals surface area contributed by atoms with Gasteiger partial charge in [-0.3, -0.25) is 4.79 Å². The lowest BCUT2D eigenvalue weighted by Gasteiger charge is -2.04. The molecule has 0 aliphatic heterocycles. The topological polar surface area (TPSA) is 95.4 Å². The van der Waals surface area contributed by atoms with Crippen LogP contribution in [0.4, 0.5) is 10.1 Å². The zero-order valence-electron chi connectivity index (χ0n) is 7.70. The van der Waals surface area contributed by atoms with Gasteiger partial charge in [-0.1, -0.05) is 0 Å². The molecule has 0 bridgehead atoms. The Morgan fingerprint density at radius 1 is 1.40 bits per heavy atom. The van der Waals surface area contributed by atoms with Crippen LogP contribution in [0.3, 0.4) is 0 Å². The molecule has 6 heteroatoms. The van der Waals surface area contributed by atoms with E-state index in [-0.39, 0.29) is 11.3 Å². The molecule has 0 unspecified atom stereocenters. The van der Waals surface area contributed by atoms with Crippen molar-refractivity contribution in [2.24, 2.45) is 5.73 Å². The Morgan fingerprint density at radius 2 is 2.07 bits per heavy atom. The fraction of sp³-hybridized carbons (Fsp3) is 0.111. The van der Waals surface area contributed by atoms with Crippen molar-refractivity contribution in [3.63, 3.8) is 0 Å². The van der Waals surface area contributed by atoms with E-state index in [0.717, 1.165) is 12.1 Å². The van der Waals surface area contributed by atoms with Crippen molar-refractivity contribution in [1.82, 2.24) is 0 Å². The highest BCUT2D eigenvalue weighted by Crippen LogP contribution is 2.14. The van der Waals surface area contributed by atoms with E-state index in [2.05, 4.69) is 4.74 Å². The highest BCUT2D eigenvalue weighted by molar-refractivity contribution is 5.96. The number of anilines is 1. The lowest BCUT2D eigenvalue weighted by Crippen LogP contribution is -2.21. The second-order valence-electron chi connectivity index (χ2n) is 2.77. The van der Waals surface area contributed by atoms with E-state index in [1.54, 1.807) is 0 Å². The molecule has 0 spiro atoms. The van der Waals surface area contributed by atoms with Gasteiger partial charge in [0.2, 0.25) is 0 Å². The molecule has 4 N–H and O–H groups in total. The van der Waals surface area contributed by atoms with Gasteiger partial charge in [-0.25, -0.2) is 9.18 Å². The second-order valence-corrected chi connectivity index (χ2v) is 2.77. The van der Waals surface area contributed by atoms with Crippen LogP contribution >= 0.6 is 0 Å². The quantitative estimate of drug-likeness (QED) is 0.546. The van der Waals surface area contributed by atoms with Crippen LogP contribution in [0, 0.1) is 5.82 Å². The van der Waals surface area contributed by atoms with Gasteiger partial charge in [0.1, 0.15) is 5.82 Å². The standard InChI is InChI=1S/C9H9FN2O3/c10-5-1-2-6(7(11)3-5)9(14)15-4-8(12)13/h1-3H,4,11H2,(H2,12,13). The van der Waals surface area contributed by atoms with Crippen LogP contribution in [-0.4, -0.2) is 18.5 Å². The minimum Gasteiger partial charge on any atom is -0.452 e. The molecule has 1 rings (SSSR count). The molecule has 1 amide bonds. The van der Waals surface area contributed by atoms with Crippen LogP contribution in [0.5, 0.6) is 0 Å². The molecule has 0 aliphatic carbocycles. The Bertz CT molecular complexity index is 406. The van der Waals surface area contributed by atoms with Gasteiger partial charge in [0.25, 0.3) is 5.91 Å².